The molecule has 4 nitrogen and oxygen atoms in total. The fourth-order valence-electron chi connectivity index (χ4n) is 2.28. The molecule has 1 aromatic carbocycles. The van der Waals surface area contributed by atoms with Crippen molar-refractivity contribution in [2.24, 2.45) is 0 Å². The van der Waals surface area contributed by atoms with E-state index in [-0.39, 0.29) is 13.8 Å². The number of likely N-dealkylation sites (N-methyl/N-ethyl adjacent to an activating group) is 1. The Hall–Kier alpha value is -1.39. The molecule has 0 radical (unpaired) electrons. The summed E-state index contributed by atoms with van der Waals surface area (Å²) in [4.78, 5) is 15.4. The first kappa shape index (κ1) is 15.7. The number of hydrogen-bond acceptors (Lipinski definition) is 3. The maximum absolute atomic E-state index is 10.7. The van der Waals surface area contributed by atoms with Gasteiger partial charge >= 0.3 is 5.97 Å². The van der Waals surface area contributed by atoms with E-state index in [2.05, 4.69) is 22.9 Å². The number of nitrogens with zero attached hydrogens (tertiary/aromatic N) is 2. The monoisotopic (exact) mass is 264 g/mol. The second-order valence-corrected chi connectivity index (χ2v) is 4.97. The Morgan fingerprint density at radius 2 is 1.84 bits per heavy atom. The third-order valence-electron chi connectivity index (χ3n) is 3.35. The van der Waals surface area contributed by atoms with Gasteiger partial charge in [0.25, 0.3) is 0 Å². The van der Waals surface area contributed by atoms with Crippen LogP contribution in [0.25, 0.3) is 0 Å². The first-order valence-electron chi connectivity index (χ1n) is 6.34. The summed E-state index contributed by atoms with van der Waals surface area (Å²) in [5.74, 6) is -0.772. The minimum Gasteiger partial charge on any atom is -0.481 e. The number of benzene rings is 1. The molecule has 0 aromatic heterocycles. The number of carbonyl (C=O) groups is 1. The Labute approximate surface area is 115 Å². The highest BCUT2D eigenvalue weighted by Gasteiger charge is 2.13. The lowest BCUT2D eigenvalue weighted by molar-refractivity contribution is -0.136. The van der Waals surface area contributed by atoms with Crippen molar-refractivity contribution in [3.8, 4) is 0 Å². The highest BCUT2D eigenvalue weighted by molar-refractivity contribution is 5.70. The maximum atomic E-state index is 10.7. The van der Waals surface area contributed by atoms with Crippen molar-refractivity contribution < 1.29 is 9.90 Å². The number of carboxylic acids is 1. The normalized spacial score (nSPS) is 16.9. The molecule has 0 bridgehead atoms. The second-order valence-electron chi connectivity index (χ2n) is 4.97. The highest BCUT2D eigenvalue weighted by atomic mass is 16.4. The molecule has 1 aromatic rings. The minimum atomic E-state index is -0.772. The summed E-state index contributed by atoms with van der Waals surface area (Å²) in [6.45, 7) is 5.30. The predicted octanol–water partition coefficient (Wildman–Crippen LogP) is 1.70. The van der Waals surface area contributed by atoms with Crippen LogP contribution in [-0.2, 0) is 17.8 Å². The van der Waals surface area contributed by atoms with Crippen molar-refractivity contribution in [3.63, 3.8) is 0 Å². The SMILES string of the molecule is C.CN1CCN(Cc2cccc(CC(=O)O)c2)CC1. The first-order valence-corrected chi connectivity index (χ1v) is 6.34. The molecule has 1 heterocycles. The van der Waals surface area contributed by atoms with E-state index in [9.17, 15) is 4.79 Å². The van der Waals surface area contributed by atoms with Gasteiger partial charge in [-0.3, -0.25) is 9.69 Å². The van der Waals surface area contributed by atoms with Gasteiger partial charge in [0.2, 0.25) is 0 Å². The van der Waals surface area contributed by atoms with E-state index >= 15 is 0 Å². The molecule has 2 rings (SSSR count). The lowest BCUT2D eigenvalue weighted by Gasteiger charge is -2.32. The van der Waals surface area contributed by atoms with Gasteiger partial charge in [0.15, 0.2) is 0 Å². The third-order valence-corrected chi connectivity index (χ3v) is 3.35. The first-order chi connectivity index (χ1) is 8.63. The van der Waals surface area contributed by atoms with Crippen LogP contribution in [0.5, 0.6) is 0 Å². The fraction of sp³-hybridized carbons (Fsp3) is 0.533. The molecular weight excluding hydrogens is 240 g/mol. The summed E-state index contributed by atoms with van der Waals surface area (Å²) >= 11 is 0. The molecule has 1 aliphatic heterocycles. The molecule has 1 N–H and O–H groups in total. The topological polar surface area (TPSA) is 43.8 Å². The van der Waals surface area contributed by atoms with Crippen LogP contribution >= 0.6 is 0 Å². The van der Waals surface area contributed by atoms with Gasteiger partial charge in [0.05, 0.1) is 6.42 Å². The van der Waals surface area contributed by atoms with Crippen LogP contribution in [0.3, 0.4) is 0 Å². The standard InChI is InChI=1S/C14H20N2O2.CH4/c1-15-5-7-16(8-6-15)11-13-4-2-3-12(9-13)10-14(17)18;/h2-4,9H,5-8,10-11H2,1H3,(H,17,18);1H4. The van der Waals surface area contributed by atoms with Crippen LogP contribution in [0.1, 0.15) is 18.6 Å². The molecule has 4 heteroatoms. The average Bonchev–Trinajstić information content (AvgIpc) is 2.32. The van der Waals surface area contributed by atoms with Gasteiger partial charge in [-0.2, -0.15) is 0 Å². The molecule has 19 heavy (non-hydrogen) atoms. The quantitative estimate of drug-likeness (QED) is 0.899. The lowest BCUT2D eigenvalue weighted by Crippen LogP contribution is -2.43. The summed E-state index contributed by atoms with van der Waals surface area (Å²) in [5, 5.41) is 8.79. The summed E-state index contributed by atoms with van der Waals surface area (Å²) in [6, 6.07) is 7.90. The van der Waals surface area contributed by atoms with E-state index in [1.165, 1.54) is 5.56 Å². The fourth-order valence-corrected chi connectivity index (χ4v) is 2.28. The third kappa shape index (κ3) is 5.01. The van der Waals surface area contributed by atoms with Crippen molar-refractivity contribution in [3.05, 3.63) is 35.4 Å². The van der Waals surface area contributed by atoms with Crippen LogP contribution < -0.4 is 0 Å². The Balaban J connectivity index is 0.00000180. The molecule has 1 saturated heterocycles. The van der Waals surface area contributed by atoms with Gasteiger partial charge < -0.3 is 10.0 Å². The van der Waals surface area contributed by atoms with E-state index in [1.807, 2.05) is 18.2 Å². The summed E-state index contributed by atoms with van der Waals surface area (Å²) in [6.07, 6.45) is 0.108. The van der Waals surface area contributed by atoms with E-state index < -0.39 is 5.97 Å². The number of aliphatic carboxylic acids is 1. The van der Waals surface area contributed by atoms with E-state index in [0.29, 0.717) is 0 Å². The number of carboxylic acid groups (broad SMARTS) is 1. The van der Waals surface area contributed by atoms with Crippen molar-refractivity contribution in [2.45, 2.75) is 20.4 Å². The summed E-state index contributed by atoms with van der Waals surface area (Å²) < 4.78 is 0. The lowest BCUT2D eigenvalue weighted by atomic mass is 10.1. The number of rotatable bonds is 4. The van der Waals surface area contributed by atoms with Gasteiger partial charge in [0, 0.05) is 32.7 Å². The van der Waals surface area contributed by atoms with Crippen LogP contribution in [0.15, 0.2) is 24.3 Å². The highest BCUT2D eigenvalue weighted by Crippen LogP contribution is 2.10. The zero-order valence-corrected chi connectivity index (χ0v) is 10.8. The predicted molar refractivity (Wildman–Crippen MR) is 77.3 cm³/mol. The van der Waals surface area contributed by atoms with Gasteiger partial charge in [-0.25, -0.2) is 0 Å². The van der Waals surface area contributed by atoms with E-state index in [0.717, 1.165) is 38.3 Å². The summed E-state index contributed by atoms with van der Waals surface area (Å²) in [7, 11) is 2.14. The van der Waals surface area contributed by atoms with Crippen LogP contribution in [0, 0.1) is 0 Å². The Morgan fingerprint density at radius 3 is 2.47 bits per heavy atom. The molecule has 1 fully saturated rings. The zero-order chi connectivity index (χ0) is 13.0. The minimum absolute atomic E-state index is 0. The van der Waals surface area contributed by atoms with Gasteiger partial charge in [-0.15, -0.1) is 0 Å². The van der Waals surface area contributed by atoms with Gasteiger partial charge in [-0.1, -0.05) is 31.7 Å². The summed E-state index contributed by atoms with van der Waals surface area (Å²) in [5.41, 5.74) is 2.09. The molecule has 1 aliphatic rings. The Morgan fingerprint density at radius 1 is 1.21 bits per heavy atom. The van der Waals surface area contributed by atoms with Crippen LogP contribution in [-0.4, -0.2) is 54.1 Å². The maximum Gasteiger partial charge on any atom is 0.307 e. The zero-order valence-electron chi connectivity index (χ0n) is 10.8. The van der Waals surface area contributed by atoms with Crippen molar-refractivity contribution in [1.82, 2.24) is 9.80 Å². The second kappa shape index (κ2) is 7.26. The smallest absolute Gasteiger partial charge is 0.307 e. The molecule has 0 saturated carbocycles. The van der Waals surface area contributed by atoms with Crippen molar-refractivity contribution >= 4 is 5.97 Å². The van der Waals surface area contributed by atoms with E-state index in [1.54, 1.807) is 0 Å². The molecule has 0 amide bonds. The molecule has 106 valence electrons. The molecule has 0 atom stereocenters. The average molecular weight is 264 g/mol. The Kier molecular flexibility index (Phi) is 5.99. The van der Waals surface area contributed by atoms with E-state index in [4.69, 9.17) is 5.11 Å². The number of piperazine rings is 1. The molecule has 0 spiro atoms. The van der Waals surface area contributed by atoms with Gasteiger partial charge in [-0.05, 0) is 18.2 Å². The van der Waals surface area contributed by atoms with Crippen LogP contribution in [0.4, 0.5) is 0 Å². The molecule has 0 unspecified atom stereocenters. The van der Waals surface area contributed by atoms with Gasteiger partial charge in [0.1, 0.15) is 0 Å². The number of hydrogen-bond donors (Lipinski definition) is 1. The largest absolute Gasteiger partial charge is 0.481 e. The van der Waals surface area contributed by atoms with Crippen molar-refractivity contribution in [1.29, 1.82) is 0 Å². The van der Waals surface area contributed by atoms with Crippen molar-refractivity contribution in [2.75, 3.05) is 33.2 Å². The molecule has 0 aliphatic carbocycles. The molecular formula is C15H24N2O2. The Bertz CT molecular complexity index is 412. The van der Waals surface area contributed by atoms with Crippen LogP contribution in [0.2, 0.25) is 0 Å².